The van der Waals surface area contributed by atoms with E-state index in [-0.39, 0.29) is 35.0 Å². The van der Waals surface area contributed by atoms with E-state index < -0.39 is 5.97 Å². The summed E-state index contributed by atoms with van der Waals surface area (Å²) in [5, 5.41) is 0.293. The van der Waals surface area contributed by atoms with E-state index in [1.807, 2.05) is 6.07 Å². The number of aryl methyl sites for hydroxylation is 1. The number of carbonyl (C=O) groups excluding carboxylic acids is 2. The quantitative estimate of drug-likeness (QED) is 0.422. The van der Waals surface area contributed by atoms with Crippen LogP contribution in [0.2, 0.25) is 0 Å². The number of ether oxygens (including phenoxy) is 1. The van der Waals surface area contributed by atoms with Crippen molar-refractivity contribution in [3.05, 3.63) is 51.9 Å². The van der Waals surface area contributed by atoms with Gasteiger partial charge in [-0.05, 0) is 44.4 Å². The molecule has 0 unspecified atom stereocenters. The van der Waals surface area contributed by atoms with Crippen LogP contribution in [0.5, 0.6) is 0 Å². The topological polar surface area (TPSA) is 95.0 Å². The van der Waals surface area contributed by atoms with Gasteiger partial charge in [-0.1, -0.05) is 38.7 Å². The highest BCUT2D eigenvalue weighted by molar-refractivity contribution is 5.93. The van der Waals surface area contributed by atoms with Crippen LogP contribution in [-0.4, -0.2) is 32.4 Å². The number of esters is 1. The predicted octanol–water partition coefficient (Wildman–Crippen LogP) is 3.63. The zero-order chi connectivity index (χ0) is 23.4. The second-order valence-electron chi connectivity index (χ2n) is 8.48. The highest BCUT2D eigenvalue weighted by Gasteiger charge is 2.23. The van der Waals surface area contributed by atoms with E-state index >= 15 is 0 Å². The summed E-state index contributed by atoms with van der Waals surface area (Å²) in [4.78, 5) is 48.5. The van der Waals surface area contributed by atoms with E-state index in [1.165, 1.54) is 10.5 Å². The Morgan fingerprint density at radius 2 is 1.97 bits per heavy atom. The van der Waals surface area contributed by atoms with E-state index in [2.05, 4.69) is 11.9 Å². The average Bonchev–Trinajstić information content (AvgIpc) is 2.84. The summed E-state index contributed by atoms with van der Waals surface area (Å²) in [5.74, 6) is -0.959. The number of rotatable bonds is 6. The Hall–Kier alpha value is -3.29. The number of hydrogen-bond acceptors (Lipinski definition) is 5. The molecule has 0 saturated heterocycles. The van der Waals surface area contributed by atoms with Crippen molar-refractivity contribution in [2.45, 2.75) is 65.3 Å². The Morgan fingerprint density at radius 1 is 1.18 bits per heavy atom. The monoisotopic (exact) mass is 450 g/mol. The molecule has 1 amide bonds. The lowest BCUT2D eigenvalue weighted by Gasteiger charge is -2.19. The van der Waals surface area contributed by atoms with Gasteiger partial charge < -0.3 is 9.30 Å². The molecule has 174 valence electrons. The highest BCUT2D eigenvalue weighted by Crippen LogP contribution is 2.24. The number of pyridine rings is 2. The van der Waals surface area contributed by atoms with E-state index in [1.54, 1.807) is 29.8 Å². The smallest absolute Gasteiger partial charge is 0.341 e. The van der Waals surface area contributed by atoms with Gasteiger partial charge in [0.25, 0.3) is 11.5 Å². The van der Waals surface area contributed by atoms with Gasteiger partial charge in [0, 0.05) is 18.7 Å². The fourth-order valence-electron chi connectivity index (χ4n) is 4.43. The van der Waals surface area contributed by atoms with Crippen LogP contribution in [0.1, 0.15) is 69.2 Å². The number of carbonyl (C=O) groups is 2. The van der Waals surface area contributed by atoms with Gasteiger partial charge in [0.05, 0.1) is 12.0 Å². The first kappa shape index (κ1) is 22.9. The van der Waals surface area contributed by atoms with Crippen LogP contribution < -0.4 is 11.0 Å². The molecule has 1 fully saturated rings. The van der Waals surface area contributed by atoms with Crippen molar-refractivity contribution in [3.8, 4) is 0 Å². The largest absolute Gasteiger partial charge is 0.462 e. The minimum absolute atomic E-state index is 0.124. The number of hydrogen-bond donors (Lipinski definition) is 0. The first-order chi connectivity index (χ1) is 16.0. The molecule has 8 nitrogen and oxygen atoms in total. The molecule has 0 spiro atoms. The van der Waals surface area contributed by atoms with Gasteiger partial charge in [-0.15, -0.1) is 0 Å². The zero-order valence-corrected chi connectivity index (χ0v) is 19.2. The van der Waals surface area contributed by atoms with E-state index in [0.717, 1.165) is 44.9 Å². The van der Waals surface area contributed by atoms with Crippen molar-refractivity contribution < 1.29 is 14.3 Å². The van der Waals surface area contributed by atoms with E-state index in [0.29, 0.717) is 23.2 Å². The van der Waals surface area contributed by atoms with Crippen LogP contribution >= 0.6 is 0 Å². The van der Waals surface area contributed by atoms with E-state index in [4.69, 9.17) is 9.72 Å². The number of fused-ring (bicyclic) bond motifs is 2. The van der Waals surface area contributed by atoms with Crippen molar-refractivity contribution >= 4 is 28.6 Å². The number of nitrogens with zero attached hydrogens (tertiary/aromatic N) is 4. The molecule has 1 aliphatic rings. The third-order valence-corrected chi connectivity index (χ3v) is 6.19. The normalized spacial score (nSPS) is 15.3. The predicted molar refractivity (Wildman–Crippen MR) is 125 cm³/mol. The molecule has 3 aromatic heterocycles. The molecule has 33 heavy (non-hydrogen) atoms. The van der Waals surface area contributed by atoms with Crippen molar-refractivity contribution in [1.82, 2.24) is 14.0 Å². The molecule has 0 aliphatic heterocycles. The van der Waals surface area contributed by atoms with Crippen LogP contribution in [0.15, 0.2) is 40.2 Å². The molecular formula is C25H30N4O4. The fourth-order valence-corrected chi connectivity index (χ4v) is 4.43. The van der Waals surface area contributed by atoms with Crippen LogP contribution in [0.3, 0.4) is 0 Å². The van der Waals surface area contributed by atoms with Crippen LogP contribution in [0.25, 0.3) is 16.7 Å². The maximum Gasteiger partial charge on any atom is 0.341 e. The summed E-state index contributed by atoms with van der Waals surface area (Å²) >= 11 is 0. The van der Waals surface area contributed by atoms with Gasteiger partial charge in [-0.2, -0.15) is 4.99 Å². The first-order valence-corrected chi connectivity index (χ1v) is 11.9. The third-order valence-electron chi connectivity index (χ3n) is 6.19. The summed E-state index contributed by atoms with van der Waals surface area (Å²) in [6.07, 6.45) is 8.08. The Labute approximate surface area is 191 Å². The van der Waals surface area contributed by atoms with Gasteiger partial charge in [-0.3, -0.25) is 14.0 Å². The van der Waals surface area contributed by atoms with Crippen molar-refractivity contribution in [3.63, 3.8) is 0 Å². The molecule has 0 atom stereocenters. The molecule has 0 N–H and O–H groups in total. The Balaban J connectivity index is 2.05. The Kier molecular flexibility index (Phi) is 7.01. The zero-order valence-electron chi connectivity index (χ0n) is 19.2. The van der Waals surface area contributed by atoms with Gasteiger partial charge in [0.1, 0.15) is 16.9 Å². The standard InChI is InChI=1S/C25H30N4O4/c1-3-5-14-29-21-18(24(31)28-15-10-9-13-20(28)26-21)16-19(25(32)33-4-2)22(29)27-23(30)17-11-7-6-8-12-17/h9-10,13,15-17H,3-8,11-12,14H2,1-2H3. The maximum absolute atomic E-state index is 13.3. The summed E-state index contributed by atoms with van der Waals surface area (Å²) < 4.78 is 8.48. The lowest BCUT2D eigenvalue weighted by atomic mass is 9.89. The minimum Gasteiger partial charge on any atom is -0.462 e. The SMILES string of the molecule is CCCCn1c(=NC(=O)C2CCCCC2)c(C(=O)OCC)cc2c(=O)n3ccccc3nc21. The fraction of sp³-hybridized carbons (Fsp3) is 0.480. The van der Waals surface area contributed by atoms with Crippen molar-refractivity contribution in [2.75, 3.05) is 6.61 Å². The number of amides is 1. The minimum atomic E-state index is -0.600. The molecule has 0 bridgehead atoms. The molecule has 3 heterocycles. The highest BCUT2D eigenvalue weighted by atomic mass is 16.5. The lowest BCUT2D eigenvalue weighted by molar-refractivity contribution is -0.122. The molecule has 4 rings (SSSR count). The molecule has 1 aliphatic carbocycles. The van der Waals surface area contributed by atoms with Gasteiger partial charge in [0.2, 0.25) is 0 Å². The maximum atomic E-state index is 13.3. The summed E-state index contributed by atoms with van der Waals surface area (Å²) in [5.41, 5.74) is 0.990. The third kappa shape index (κ3) is 4.60. The molecular weight excluding hydrogens is 420 g/mol. The summed E-state index contributed by atoms with van der Waals surface area (Å²) in [7, 11) is 0. The van der Waals surface area contributed by atoms with Crippen molar-refractivity contribution in [2.24, 2.45) is 10.9 Å². The number of aromatic nitrogens is 3. The Morgan fingerprint density at radius 3 is 2.70 bits per heavy atom. The molecule has 0 radical (unpaired) electrons. The summed E-state index contributed by atoms with van der Waals surface area (Å²) in [6, 6.07) is 6.81. The second-order valence-corrected chi connectivity index (χ2v) is 8.48. The van der Waals surface area contributed by atoms with E-state index in [9.17, 15) is 14.4 Å². The van der Waals surface area contributed by atoms with Gasteiger partial charge >= 0.3 is 5.97 Å². The molecule has 0 aromatic carbocycles. The summed E-state index contributed by atoms with van der Waals surface area (Å²) in [6.45, 7) is 4.43. The first-order valence-electron chi connectivity index (χ1n) is 11.9. The Bertz CT molecular complexity index is 1320. The van der Waals surface area contributed by atoms with Crippen molar-refractivity contribution in [1.29, 1.82) is 0 Å². The van der Waals surface area contributed by atoms with Crippen LogP contribution in [0, 0.1) is 5.92 Å². The van der Waals surface area contributed by atoms with Crippen LogP contribution in [0.4, 0.5) is 0 Å². The number of unbranched alkanes of at least 4 members (excludes halogenated alkanes) is 1. The van der Waals surface area contributed by atoms with Crippen LogP contribution in [-0.2, 0) is 16.1 Å². The second kappa shape index (κ2) is 10.1. The van der Waals surface area contributed by atoms with Gasteiger partial charge in [0.15, 0.2) is 5.49 Å². The molecule has 3 aromatic rings. The molecule has 8 heteroatoms. The lowest BCUT2D eigenvalue weighted by Crippen LogP contribution is -2.33. The average molecular weight is 451 g/mol. The van der Waals surface area contributed by atoms with Gasteiger partial charge in [-0.25, -0.2) is 9.78 Å². The molecule has 1 saturated carbocycles.